The third kappa shape index (κ3) is 6.89. The maximum Gasteiger partial charge on any atom is 0.247 e. The van der Waals surface area contributed by atoms with Crippen molar-refractivity contribution in [3.63, 3.8) is 0 Å². The van der Waals surface area contributed by atoms with E-state index >= 15 is 0 Å². The summed E-state index contributed by atoms with van der Waals surface area (Å²) >= 11 is 7.17. The molecular formula is C17H20ClN5O2S. The van der Waals surface area contributed by atoms with Gasteiger partial charge in [-0.05, 0) is 12.5 Å². The summed E-state index contributed by atoms with van der Waals surface area (Å²) in [5.41, 5.74) is 3.12. The number of hydrazone groups is 1. The van der Waals surface area contributed by atoms with Crippen molar-refractivity contribution < 1.29 is 9.59 Å². The molecule has 0 aliphatic heterocycles. The smallest absolute Gasteiger partial charge is 0.247 e. The first kappa shape index (κ1) is 20.0. The van der Waals surface area contributed by atoms with Gasteiger partial charge in [-0.1, -0.05) is 60.9 Å². The van der Waals surface area contributed by atoms with Crippen LogP contribution in [0.25, 0.3) is 0 Å². The van der Waals surface area contributed by atoms with E-state index in [1.165, 1.54) is 17.6 Å². The molecule has 0 spiro atoms. The first-order valence-electron chi connectivity index (χ1n) is 8.27. The van der Waals surface area contributed by atoms with E-state index in [2.05, 4.69) is 33.0 Å². The summed E-state index contributed by atoms with van der Waals surface area (Å²) in [5.74, 6) is -0.416. The first-order chi connectivity index (χ1) is 12.6. The second kappa shape index (κ2) is 10.6. The Morgan fingerprint density at radius 3 is 2.81 bits per heavy atom. The third-order valence-electron chi connectivity index (χ3n) is 3.33. The molecule has 0 bridgehead atoms. The summed E-state index contributed by atoms with van der Waals surface area (Å²) in [6.45, 7) is 2.08. The van der Waals surface area contributed by atoms with Crippen LogP contribution in [-0.2, 0) is 16.0 Å². The molecule has 0 saturated carbocycles. The molecule has 0 saturated heterocycles. The fourth-order valence-corrected chi connectivity index (χ4v) is 2.96. The highest BCUT2D eigenvalue weighted by atomic mass is 35.5. The quantitative estimate of drug-likeness (QED) is 0.387. The molecule has 7 nitrogen and oxygen atoms in total. The molecule has 2 aromatic rings. The van der Waals surface area contributed by atoms with Gasteiger partial charge in [0.05, 0.1) is 12.6 Å². The molecule has 0 aliphatic rings. The molecule has 2 N–H and O–H groups in total. The Bertz CT molecular complexity index is 778. The number of anilines is 1. The van der Waals surface area contributed by atoms with Gasteiger partial charge in [0.1, 0.15) is 5.01 Å². The SMILES string of the molecule is CCCCCC(=O)Nc1nnc(CC(=O)N/N=C\c2ccccc2Cl)s1. The van der Waals surface area contributed by atoms with Crippen molar-refractivity contribution in [2.24, 2.45) is 5.10 Å². The summed E-state index contributed by atoms with van der Waals surface area (Å²) in [6, 6.07) is 7.17. The molecule has 0 unspecified atom stereocenters. The molecule has 2 rings (SSSR count). The van der Waals surface area contributed by atoms with E-state index in [9.17, 15) is 9.59 Å². The molecule has 0 aliphatic carbocycles. The first-order valence-corrected chi connectivity index (χ1v) is 9.46. The molecule has 2 amide bonds. The van der Waals surface area contributed by atoms with Crippen LogP contribution in [0.15, 0.2) is 29.4 Å². The minimum absolute atomic E-state index is 0.0310. The lowest BCUT2D eigenvalue weighted by molar-refractivity contribution is -0.120. The Morgan fingerprint density at radius 2 is 2.04 bits per heavy atom. The largest absolute Gasteiger partial charge is 0.301 e. The highest BCUT2D eigenvalue weighted by Gasteiger charge is 2.11. The monoisotopic (exact) mass is 393 g/mol. The minimum Gasteiger partial charge on any atom is -0.301 e. The molecule has 0 fully saturated rings. The van der Waals surface area contributed by atoms with Gasteiger partial charge in [0.15, 0.2) is 0 Å². The fraction of sp³-hybridized carbons (Fsp3) is 0.353. The number of carbonyl (C=O) groups is 2. The zero-order valence-electron chi connectivity index (χ0n) is 14.4. The Labute approximate surface area is 160 Å². The number of carbonyl (C=O) groups excluding carboxylic acids is 2. The van der Waals surface area contributed by atoms with Crippen LogP contribution in [0.2, 0.25) is 5.02 Å². The zero-order valence-corrected chi connectivity index (χ0v) is 15.9. The number of hydrogen-bond donors (Lipinski definition) is 2. The number of rotatable bonds is 9. The lowest BCUT2D eigenvalue weighted by Crippen LogP contribution is -2.19. The molecule has 1 aromatic heterocycles. The van der Waals surface area contributed by atoms with Crippen LogP contribution >= 0.6 is 22.9 Å². The number of aromatic nitrogens is 2. The van der Waals surface area contributed by atoms with Crippen LogP contribution in [0, 0.1) is 0 Å². The van der Waals surface area contributed by atoms with Crippen molar-refractivity contribution in [1.29, 1.82) is 0 Å². The standard InChI is InChI=1S/C17H20ClN5O2S/c1-2-3-4-9-14(24)20-17-23-22-16(26-17)10-15(25)21-19-11-12-7-5-6-8-13(12)18/h5-8,11H,2-4,9-10H2,1H3,(H,21,25)(H,20,23,24)/b19-11-. The summed E-state index contributed by atoms with van der Waals surface area (Å²) in [7, 11) is 0. The molecular weight excluding hydrogens is 374 g/mol. The van der Waals surface area contributed by atoms with Crippen molar-refractivity contribution in [2.75, 3.05) is 5.32 Å². The van der Waals surface area contributed by atoms with Crippen molar-refractivity contribution >= 4 is 46.1 Å². The van der Waals surface area contributed by atoms with Gasteiger partial charge >= 0.3 is 0 Å². The number of hydrogen-bond acceptors (Lipinski definition) is 6. The topological polar surface area (TPSA) is 96.3 Å². The Hall–Kier alpha value is -2.32. The van der Waals surface area contributed by atoms with E-state index in [0.29, 0.717) is 27.1 Å². The van der Waals surface area contributed by atoms with Gasteiger partial charge in [-0.25, -0.2) is 5.43 Å². The lowest BCUT2D eigenvalue weighted by atomic mass is 10.2. The van der Waals surface area contributed by atoms with Gasteiger partial charge in [0, 0.05) is 17.0 Å². The van der Waals surface area contributed by atoms with Crippen LogP contribution in [0.4, 0.5) is 5.13 Å². The second-order valence-electron chi connectivity index (χ2n) is 5.50. The molecule has 1 aromatic carbocycles. The number of benzene rings is 1. The van der Waals surface area contributed by atoms with Crippen LogP contribution < -0.4 is 10.7 Å². The van der Waals surface area contributed by atoms with Crippen molar-refractivity contribution in [3.05, 3.63) is 39.9 Å². The van der Waals surface area contributed by atoms with Gasteiger partial charge in [0.25, 0.3) is 0 Å². The van der Waals surface area contributed by atoms with Gasteiger partial charge in [-0.2, -0.15) is 5.10 Å². The summed E-state index contributed by atoms with van der Waals surface area (Å²) in [6.07, 6.45) is 4.89. The van der Waals surface area contributed by atoms with Gasteiger partial charge < -0.3 is 5.32 Å². The number of amides is 2. The van der Waals surface area contributed by atoms with Crippen molar-refractivity contribution in [2.45, 2.75) is 39.0 Å². The zero-order chi connectivity index (χ0) is 18.8. The third-order valence-corrected chi connectivity index (χ3v) is 4.51. The van der Waals surface area contributed by atoms with E-state index in [4.69, 9.17) is 11.6 Å². The number of nitrogens with zero attached hydrogens (tertiary/aromatic N) is 3. The second-order valence-corrected chi connectivity index (χ2v) is 6.97. The van der Waals surface area contributed by atoms with Gasteiger partial charge in [-0.15, -0.1) is 10.2 Å². The van der Waals surface area contributed by atoms with Crippen LogP contribution in [0.3, 0.4) is 0 Å². The lowest BCUT2D eigenvalue weighted by Gasteiger charge is -1.99. The predicted octanol–water partition coefficient (Wildman–Crippen LogP) is 3.40. The highest BCUT2D eigenvalue weighted by Crippen LogP contribution is 2.16. The summed E-state index contributed by atoms with van der Waals surface area (Å²) in [5, 5.41) is 15.8. The van der Waals surface area contributed by atoms with Crippen molar-refractivity contribution in [3.8, 4) is 0 Å². The number of unbranched alkanes of at least 4 members (excludes halogenated alkanes) is 2. The molecule has 138 valence electrons. The van der Waals surface area contributed by atoms with E-state index in [0.717, 1.165) is 19.3 Å². The van der Waals surface area contributed by atoms with Crippen LogP contribution in [0.1, 0.15) is 43.2 Å². The van der Waals surface area contributed by atoms with Crippen molar-refractivity contribution in [1.82, 2.24) is 15.6 Å². The van der Waals surface area contributed by atoms with Gasteiger partial charge in [-0.3, -0.25) is 9.59 Å². The Kier molecular flexibility index (Phi) is 8.17. The van der Waals surface area contributed by atoms with E-state index < -0.39 is 0 Å². The molecule has 9 heteroatoms. The summed E-state index contributed by atoms with van der Waals surface area (Å²) in [4.78, 5) is 23.6. The normalized spacial score (nSPS) is 10.8. The van der Waals surface area contributed by atoms with Crippen LogP contribution in [0.5, 0.6) is 0 Å². The highest BCUT2D eigenvalue weighted by molar-refractivity contribution is 7.15. The molecule has 1 heterocycles. The Morgan fingerprint density at radius 1 is 1.23 bits per heavy atom. The number of halogens is 1. The van der Waals surface area contributed by atoms with E-state index in [1.54, 1.807) is 12.1 Å². The fourth-order valence-electron chi connectivity index (χ4n) is 2.02. The average Bonchev–Trinajstić information content (AvgIpc) is 3.03. The van der Waals surface area contributed by atoms with E-state index in [1.807, 2.05) is 12.1 Å². The number of nitrogens with one attached hydrogen (secondary N) is 2. The predicted molar refractivity (Wildman–Crippen MR) is 104 cm³/mol. The molecule has 26 heavy (non-hydrogen) atoms. The summed E-state index contributed by atoms with van der Waals surface area (Å²) < 4.78 is 0. The van der Waals surface area contributed by atoms with E-state index in [-0.39, 0.29) is 18.2 Å². The van der Waals surface area contributed by atoms with Gasteiger partial charge in [0.2, 0.25) is 16.9 Å². The maximum atomic E-state index is 11.9. The molecule has 0 atom stereocenters. The van der Waals surface area contributed by atoms with Crippen LogP contribution in [-0.4, -0.2) is 28.2 Å². The molecule has 0 radical (unpaired) electrons. The minimum atomic E-state index is -0.328. The average molecular weight is 394 g/mol. The maximum absolute atomic E-state index is 11.9. The Balaban J connectivity index is 1.78.